The molecule has 2 aromatic rings. The van der Waals surface area contributed by atoms with Crippen molar-refractivity contribution in [2.45, 2.75) is 59.5 Å². The molecule has 2 N–H and O–H groups in total. The van der Waals surface area contributed by atoms with Crippen molar-refractivity contribution in [3.05, 3.63) is 29.5 Å². The molecule has 0 fully saturated rings. The molecule has 0 saturated heterocycles. The van der Waals surface area contributed by atoms with Gasteiger partial charge in [-0.05, 0) is 37.3 Å². The summed E-state index contributed by atoms with van der Waals surface area (Å²) < 4.78 is 1.76. The lowest BCUT2D eigenvalue weighted by molar-refractivity contribution is -0.142. The lowest BCUT2D eigenvalue weighted by Crippen LogP contribution is -2.49. The van der Waals surface area contributed by atoms with Crippen molar-refractivity contribution in [3.63, 3.8) is 0 Å². The molecule has 0 unspecified atom stereocenters. The van der Waals surface area contributed by atoms with Crippen molar-refractivity contribution in [3.8, 4) is 6.07 Å². The average Bonchev–Trinajstić information content (AvgIpc) is 2.93. The van der Waals surface area contributed by atoms with Crippen molar-refractivity contribution in [1.29, 1.82) is 5.26 Å². The Kier molecular flexibility index (Phi) is 6.21. The van der Waals surface area contributed by atoms with Gasteiger partial charge in [0, 0.05) is 18.4 Å². The van der Waals surface area contributed by atoms with E-state index in [-0.39, 0.29) is 5.69 Å². The lowest BCUT2D eigenvalue weighted by Gasteiger charge is -2.27. The number of nitriles is 1. The van der Waals surface area contributed by atoms with Crippen molar-refractivity contribution in [2.75, 3.05) is 0 Å². The standard InChI is InChI=1S/C20H26N4O3/c1-13-8-9-15-14(12-13)16(23-24(15)11-7-5-6-10-21)18(25)22-17(19(26)27)20(2,3)4/h8-9,12,17H,5-7,11H2,1-4H3,(H,22,25)(H,26,27)/t17-/m1/s1. The Morgan fingerprint density at radius 3 is 2.63 bits per heavy atom. The monoisotopic (exact) mass is 370 g/mol. The molecule has 0 saturated carbocycles. The van der Waals surface area contributed by atoms with E-state index in [0.29, 0.717) is 18.4 Å². The number of amides is 1. The Labute approximate surface area is 159 Å². The zero-order valence-corrected chi connectivity index (χ0v) is 16.2. The Balaban J connectivity index is 2.36. The summed E-state index contributed by atoms with van der Waals surface area (Å²) in [6.45, 7) is 7.82. The first-order valence-corrected chi connectivity index (χ1v) is 9.03. The maximum absolute atomic E-state index is 12.8. The molecule has 7 heteroatoms. The summed E-state index contributed by atoms with van der Waals surface area (Å²) in [5.74, 6) is -1.57. The van der Waals surface area contributed by atoms with E-state index in [2.05, 4.69) is 16.5 Å². The highest BCUT2D eigenvalue weighted by molar-refractivity contribution is 6.06. The third-order valence-corrected chi connectivity index (χ3v) is 4.42. The van der Waals surface area contributed by atoms with Crippen LogP contribution in [-0.4, -0.2) is 32.8 Å². The van der Waals surface area contributed by atoms with Crippen LogP contribution in [-0.2, 0) is 11.3 Å². The predicted molar refractivity (Wildman–Crippen MR) is 102 cm³/mol. The van der Waals surface area contributed by atoms with E-state index in [1.165, 1.54) is 0 Å². The Morgan fingerprint density at radius 2 is 2.04 bits per heavy atom. The van der Waals surface area contributed by atoms with Crippen LogP contribution in [0.5, 0.6) is 0 Å². The van der Waals surface area contributed by atoms with Gasteiger partial charge in [-0.25, -0.2) is 4.79 Å². The maximum Gasteiger partial charge on any atom is 0.326 e. The topological polar surface area (TPSA) is 108 Å². The number of carboxylic acids is 1. The summed E-state index contributed by atoms with van der Waals surface area (Å²) in [5, 5.41) is 25.9. The third-order valence-electron chi connectivity index (χ3n) is 4.42. The molecule has 144 valence electrons. The van der Waals surface area contributed by atoms with Gasteiger partial charge in [-0.1, -0.05) is 32.4 Å². The zero-order valence-electron chi connectivity index (χ0n) is 16.2. The first-order valence-electron chi connectivity index (χ1n) is 9.03. The number of fused-ring (bicyclic) bond motifs is 1. The fourth-order valence-corrected chi connectivity index (χ4v) is 2.95. The second-order valence-corrected chi connectivity index (χ2v) is 7.82. The van der Waals surface area contributed by atoms with Crippen molar-refractivity contribution >= 4 is 22.8 Å². The van der Waals surface area contributed by atoms with Gasteiger partial charge in [-0.15, -0.1) is 0 Å². The molecule has 0 aliphatic rings. The summed E-state index contributed by atoms with van der Waals surface area (Å²) in [6, 6.07) is 6.85. The maximum atomic E-state index is 12.8. The van der Waals surface area contributed by atoms with Crippen LogP contribution in [0.2, 0.25) is 0 Å². The Morgan fingerprint density at radius 1 is 1.33 bits per heavy atom. The van der Waals surface area contributed by atoms with Crippen LogP contribution < -0.4 is 5.32 Å². The molecule has 0 bridgehead atoms. The van der Waals surface area contributed by atoms with Crippen LogP contribution in [0, 0.1) is 23.7 Å². The van der Waals surface area contributed by atoms with Crippen LogP contribution in [0.3, 0.4) is 0 Å². The molecule has 1 heterocycles. The van der Waals surface area contributed by atoms with E-state index in [1.807, 2.05) is 25.1 Å². The van der Waals surface area contributed by atoms with E-state index < -0.39 is 23.3 Å². The number of aromatic nitrogens is 2. The quantitative estimate of drug-likeness (QED) is 0.727. The molecule has 1 aromatic carbocycles. The van der Waals surface area contributed by atoms with Crippen LogP contribution in [0.25, 0.3) is 10.9 Å². The second-order valence-electron chi connectivity index (χ2n) is 7.82. The summed E-state index contributed by atoms with van der Waals surface area (Å²) >= 11 is 0. The van der Waals surface area contributed by atoms with Gasteiger partial charge in [0.2, 0.25) is 0 Å². The SMILES string of the molecule is Cc1ccc2c(c1)c(C(=O)N[C@H](C(=O)O)C(C)(C)C)nn2CCCCC#N. The molecule has 1 aromatic heterocycles. The van der Waals surface area contributed by atoms with Gasteiger partial charge in [-0.3, -0.25) is 9.48 Å². The largest absolute Gasteiger partial charge is 0.480 e. The van der Waals surface area contributed by atoms with E-state index in [4.69, 9.17) is 5.26 Å². The molecule has 1 atom stereocenters. The number of aliphatic carboxylic acids is 1. The van der Waals surface area contributed by atoms with Gasteiger partial charge >= 0.3 is 5.97 Å². The highest BCUT2D eigenvalue weighted by atomic mass is 16.4. The number of benzene rings is 1. The average molecular weight is 370 g/mol. The second kappa shape index (κ2) is 8.21. The van der Waals surface area contributed by atoms with E-state index in [1.54, 1.807) is 25.5 Å². The Bertz CT molecular complexity index is 887. The van der Waals surface area contributed by atoms with Gasteiger partial charge in [0.05, 0.1) is 11.6 Å². The molecular weight excluding hydrogens is 344 g/mol. The van der Waals surface area contributed by atoms with Crippen molar-refractivity contribution in [1.82, 2.24) is 15.1 Å². The summed E-state index contributed by atoms with van der Waals surface area (Å²) in [6.07, 6.45) is 2.02. The molecule has 27 heavy (non-hydrogen) atoms. The number of nitrogens with one attached hydrogen (secondary N) is 1. The molecule has 0 spiro atoms. The number of rotatable bonds is 7. The molecule has 7 nitrogen and oxygen atoms in total. The predicted octanol–water partition coefficient (Wildman–Crippen LogP) is 3.27. The number of hydrogen-bond acceptors (Lipinski definition) is 4. The van der Waals surface area contributed by atoms with Crippen LogP contribution >= 0.6 is 0 Å². The number of unbranched alkanes of at least 4 members (excludes halogenated alkanes) is 2. The van der Waals surface area contributed by atoms with Crippen LogP contribution in [0.1, 0.15) is 56.1 Å². The fraction of sp³-hybridized carbons (Fsp3) is 0.500. The lowest BCUT2D eigenvalue weighted by atomic mass is 9.86. The van der Waals surface area contributed by atoms with Gasteiger partial charge in [0.15, 0.2) is 5.69 Å². The number of aryl methyl sites for hydroxylation is 2. The third kappa shape index (κ3) is 4.85. The van der Waals surface area contributed by atoms with Crippen molar-refractivity contribution < 1.29 is 14.7 Å². The van der Waals surface area contributed by atoms with Crippen molar-refractivity contribution in [2.24, 2.45) is 5.41 Å². The number of carbonyl (C=O) groups is 2. The highest BCUT2D eigenvalue weighted by Gasteiger charge is 2.33. The summed E-state index contributed by atoms with van der Waals surface area (Å²) in [5.41, 5.74) is 1.41. The molecular formula is C20H26N4O3. The summed E-state index contributed by atoms with van der Waals surface area (Å²) in [7, 11) is 0. The normalized spacial score (nSPS) is 12.6. The number of carboxylic acid groups (broad SMARTS) is 1. The van der Waals surface area contributed by atoms with Crippen LogP contribution in [0.4, 0.5) is 0 Å². The first kappa shape index (κ1) is 20.4. The number of carbonyl (C=O) groups excluding carboxylic acids is 1. The minimum Gasteiger partial charge on any atom is -0.480 e. The van der Waals surface area contributed by atoms with Gasteiger partial charge in [-0.2, -0.15) is 10.4 Å². The van der Waals surface area contributed by atoms with Gasteiger partial charge in [0.1, 0.15) is 6.04 Å². The van der Waals surface area contributed by atoms with E-state index in [0.717, 1.165) is 23.9 Å². The number of hydrogen-bond donors (Lipinski definition) is 2. The molecule has 1 amide bonds. The fourth-order valence-electron chi connectivity index (χ4n) is 2.95. The first-order chi connectivity index (χ1) is 12.6. The van der Waals surface area contributed by atoms with E-state index in [9.17, 15) is 14.7 Å². The molecule has 2 rings (SSSR count). The summed E-state index contributed by atoms with van der Waals surface area (Å²) in [4.78, 5) is 24.4. The minimum absolute atomic E-state index is 0.226. The zero-order chi connectivity index (χ0) is 20.2. The smallest absolute Gasteiger partial charge is 0.326 e. The molecule has 0 radical (unpaired) electrons. The highest BCUT2D eigenvalue weighted by Crippen LogP contribution is 2.23. The number of nitrogens with zero attached hydrogens (tertiary/aromatic N) is 3. The molecule has 0 aliphatic heterocycles. The van der Waals surface area contributed by atoms with Crippen LogP contribution in [0.15, 0.2) is 18.2 Å². The van der Waals surface area contributed by atoms with Gasteiger partial charge in [0.25, 0.3) is 5.91 Å². The minimum atomic E-state index is -1.08. The van der Waals surface area contributed by atoms with E-state index >= 15 is 0 Å². The molecule has 0 aliphatic carbocycles. The van der Waals surface area contributed by atoms with Gasteiger partial charge < -0.3 is 10.4 Å². The Hall–Kier alpha value is -2.88.